The quantitative estimate of drug-likeness (QED) is 0.928. The van der Waals surface area contributed by atoms with E-state index in [0.717, 1.165) is 15.9 Å². The number of fused-ring (bicyclic) bond motifs is 1. The Kier molecular flexibility index (Phi) is 2.73. The number of halogens is 1. The average molecular weight is 269 g/mol. The van der Waals surface area contributed by atoms with Crippen LogP contribution in [0.1, 0.15) is 12.1 Å². The Morgan fingerprint density at radius 2 is 2.33 bits per heavy atom. The van der Waals surface area contributed by atoms with Crippen molar-refractivity contribution >= 4 is 27.5 Å². The molecular weight excluding hydrogens is 260 g/mol. The van der Waals surface area contributed by atoms with E-state index in [0.29, 0.717) is 6.42 Å². The van der Waals surface area contributed by atoms with Gasteiger partial charge >= 0.3 is 5.97 Å². The zero-order valence-electron chi connectivity index (χ0n) is 7.85. The predicted molar refractivity (Wildman–Crippen MR) is 58.8 cm³/mol. The maximum Gasteiger partial charge on any atom is 0.303 e. The van der Waals surface area contributed by atoms with Gasteiger partial charge in [-0.05, 0) is 28.1 Å². The van der Waals surface area contributed by atoms with Crippen molar-refractivity contribution < 1.29 is 9.90 Å². The van der Waals surface area contributed by atoms with Gasteiger partial charge in [0.1, 0.15) is 10.3 Å². The van der Waals surface area contributed by atoms with Gasteiger partial charge in [0, 0.05) is 12.6 Å². The van der Waals surface area contributed by atoms with E-state index in [-0.39, 0.29) is 6.42 Å². The maximum absolute atomic E-state index is 10.5. The van der Waals surface area contributed by atoms with Crippen molar-refractivity contribution in [2.75, 3.05) is 0 Å². The largest absolute Gasteiger partial charge is 0.481 e. The van der Waals surface area contributed by atoms with Gasteiger partial charge in [-0.15, -0.1) is 0 Å². The lowest BCUT2D eigenvalue weighted by Crippen LogP contribution is -2.00. The highest BCUT2D eigenvalue weighted by atomic mass is 79.9. The highest BCUT2D eigenvalue weighted by molar-refractivity contribution is 9.10. The van der Waals surface area contributed by atoms with Crippen molar-refractivity contribution in [3.05, 3.63) is 34.7 Å². The van der Waals surface area contributed by atoms with Crippen molar-refractivity contribution in [2.24, 2.45) is 0 Å². The first-order valence-electron chi connectivity index (χ1n) is 4.52. The highest BCUT2D eigenvalue weighted by Crippen LogP contribution is 2.19. The third-order valence-electron chi connectivity index (χ3n) is 2.16. The summed E-state index contributed by atoms with van der Waals surface area (Å²) in [7, 11) is 0. The van der Waals surface area contributed by atoms with E-state index in [9.17, 15) is 4.79 Å². The molecule has 0 aliphatic carbocycles. The van der Waals surface area contributed by atoms with Gasteiger partial charge in [-0.1, -0.05) is 6.07 Å². The van der Waals surface area contributed by atoms with Crippen LogP contribution in [-0.4, -0.2) is 20.5 Å². The summed E-state index contributed by atoms with van der Waals surface area (Å²) in [6.45, 7) is 0. The van der Waals surface area contributed by atoms with E-state index in [4.69, 9.17) is 5.11 Å². The second-order valence-corrected chi connectivity index (χ2v) is 3.92. The van der Waals surface area contributed by atoms with Crippen molar-refractivity contribution in [1.82, 2.24) is 9.38 Å². The minimum Gasteiger partial charge on any atom is -0.481 e. The smallest absolute Gasteiger partial charge is 0.303 e. The number of rotatable bonds is 3. The van der Waals surface area contributed by atoms with Crippen LogP contribution in [0.25, 0.3) is 5.65 Å². The molecule has 15 heavy (non-hydrogen) atoms. The molecule has 0 aliphatic rings. The monoisotopic (exact) mass is 268 g/mol. The number of hydrogen-bond acceptors (Lipinski definition) is 2. The van der Waals surface area contributed by atoms with Crippen LogP contribution in [0.4, 0.5) is 0 Å². The van der Waals surface area contributed by atoms with Crippen molar-refractivity contribution in [3.63, 3.8) is 0 Å². The summed E-state index contributed by atoms with van der Waals surface area (Å²) in [6, 6.07) is 5.68. The van der Waals surface area contributed by atoms with Crippen LogP contribution in [0, 0.1) is 0 Å². The molecule has 0 bridgehead atoms. The number of imidazole rings is 1. The first-order valence-corrected chi connectivity index (χ1v) is 5.31. The number of carbonyl (C=O) groups is 1. The average Bonchev–Trinajstić information content (AvgIpc) is 2.50. The summed E-state index contributed by atoms with van der Waals surface area (Å²) in [4.78, 5) is 14.8. The molecule has 0 atom stereocenters. The number of carboxylic acids is 1. The van der Waals surface area contributed by atoms with Crippen LogP contribution >= 0.6 is 15.9 Å². The van der Waals surface area contributed by atoms with E-state index in [1.165, 1.54) is 0 Å². The number of nitrogens with zero attached hydrogens (tertiary/aromatic N) is 2. The molecule has 4 nitrogen and oxygen atoms in total. The zero-order chi connectivity index (χ0) is 10.8. The Balaban J connectivity index is 2.40. The molecule has 0 saturated heterocycles. The fourth-order valence-corrected chi connectivity index (χ4v) is 2.04. The number of aliphatic carboxylic acids is 1. The van der Waals surface area contributed by atoms with Crippen LogP contribution in [0.15, 0.2) is 29.0 Å². The Morgan fingerprint density at radius 3 is 3.07 bits per heavy atom. The molecule has 0 unspecified atom stereocenters. The molecule has 5 heteroatoms. The Labute approximate surface area is 94.7 Å². The molecule has 0 spiro atoms. The summed E-state index contributed by atoms with van der Waals surface area (Å²) in [5, 5.41) is 8.63. The summed E-state index contributed by atoms with van der Waals surface area (Å²) < 4.78 is 2.61. The molecular formula is C10H9BrN2O2. The van der Waals surface area contributed by atoms with Gasteiger partial charge in [-0.25, -0.2) is 4.98 Å². The van der Waals surface area contributed by atoms with Gasteiger partial charge in [0.15, 0.2) is 0 Å². The molecule has 2 heterocycles. The fourth-order valence-electron chi connectivity index (χ4n) is 1.47. The van der Waals surface area contributed by atoms with Crippen molar-refractivity contribution in [1.29, 1.82) is 0 Å². The van der Waals surface area contributed by atoms with Crippen LogP contribution < -0.4 is 0 Å². The second-order valence-electron chi connectivity index (χ2n) is 3.17. The third-order valence-corrected chi connectivity index (χ3v) is 2.79. The van der Waals surface area contributed by atoms with Crippen LogP contribution in [0.2, 0.25) is 0 Å². The molecule has 0 aromatic carbocycles. The Bertz CT molecular complexity index is 507. The Morgan fingerprint density at radius 1 is 1.53 bits per heavy atom. The number of aromatic nitrogens is 2. The molecule has 78 valence electrons. The molecule has 2 rings (SSSR count). The SMILES string of the molecule is O=C(O)CCc1c(Br)nc2ccccn12. The Hall–Kier alpha value is -1.36. The van der Waals surface area contributed by atoms with Gasteiger partial charge < -0.3 is 9.51 Å². The molecule has 0 saturated carbocycles. The molecule has 0 aliphatic heterocycles. The molecule has 2 aromatic rings. The lowest BCUT2D eigenvalue weighted by atomic mass is 10.2. The number of hydrogen-bond donors (Lipinski definition) is 1. The van der Waals surface area contributed by atoms with E-state index in [2.05, 4.69) is 20.9 Å². The molecule has 2 aromatic heterocycles. The summed E-state index contributed by atoms with van der Waals surface area (Å²) >= 11 is 3.33. The summed E-state index contributed by atoms with van der Waals surface area (Å²) in [5.74, 6) is -0.798. The van der Waals surface area contributed by atoms with Crippen LogP contribution in [-0.2, 0) is 11.2 Å². The van der Waals surface area contributed by atoms with Gasteiger partial charge in [-0.2, -0.15) is 0 Å². The fraction of sp³-hybridized carbons (Fsp3) is 0.200. The number of pyridine rings is 1. The van der Waals surface area contributed by atoms with E-state index < -0.39 is 5.97 Å². The van der Waals surface area contributed by atoms with E-state index in [1.54, 1.807) is 0 Å². The molecule has 1 N–H and O–H groups in total. The van der Waals surface area contributed by atoms with Crippen molar-refractivity contribution in [3.8, 4) is 0 Å². The minimum atomic E-state index is -0.798. The number of aryl methyl sites for hydroxylation is 1. The van der Waals surface area contributed by atoms with Gasteiger partial charge in [0.25, 0.3) is 0 Å². The van der Waals surface area contributed by atoms with Crippen LogP contribution in [0.5, 0.6) is 0 Å². The van der Waals surface area contributed by atoms with Crippen molar-refractivity contribution in [2.45, 2.75) is 12.8 Å². The van der Waals surface area contributed by atoms with Crippen LogP contribution in [0.3, 0.4) is 0 Å². The third kappa shape index (κ3) is 2.02. The van der Waals surface area contributed by atoms with Gasteiger partial charge in [0.05, 0.1) is 12.1 Å². The predicted octanol–water partition coefficient (Wildman–Crippen LogP) is 2.11. The lowest BCUT2D eigenvalue weighted by molar-refractivity contribution is -0.136. The topological polar surface area (TPSA) is 54.6 Å². The zero-order valence-corrected chi connectivity index (χ0v) is 9.44. The van der Waals surface area contributed by atoms with Gasteiger partial charge in [-0.3, -0.25) is 4.79 Å². The highest BCUT2D eigenvalue weighted by Gasteiger charge is 2.10. The second kappa shape index (κ2) is 4.02. The maximum atomic E-state index is 10.5. The minimum absolute atomic E-state index is 0.112. The first kappa shape index (κ1) is 10.2. The van der Waals surface area contributed by atoms with E-state index in [1.807, 2.05) is 28.8 Å². The number of carboxylic acid groups (broad SMARTS) is 1. The standard InChI is InChI=1S/C10H9BrN2O2/c11-10-7(4-5-9(14)15)13-6-2-1-3-8(13)12-10/h1-3,6H,4-5H2,(H,14,15). The summed E-state index contributed by atoms with van der Waals surface area (Å²) in [6.07, 6.45) is 2.46. The first-order chi connectivity index (χ1) is 7.18. The molecule has 0 amide bonds. The molecule has 0 fully saturated rings. The van der Waals surface area contributed by atoms with E-state index >= 15 is 0 Å². The summed E-state index contributed by atoms with van der Waals surface area (Å²) in [5.41, 5.74) is 1.72. The normalized spacial score (nSPS) is 10.7. The molecule has 0 radical (unpaired) electrons. The van der Waals surface area contributed by atoms with Gasteiger partial charge in [0.2, 0.25) is 0 Å². The lowest BCUT2D eigenvalue weighted by Gasteiger charge is -1.99.